The van der Waals surface area contributed by atoms with Gasteiger partial charge in [-0.05, 0) is 18.4 Å². The largest absolute Gasteiger partial charge is 0.480 e. The molecule has 1 atom stereocenters. The van der Waals surface area contributed by atoms with Gasteiger partial charge in [0.1, 0.15) is 5.54 Å². The highest BCUT2D eigenvalue weighted by molar-refractivity contribution is 7.09. The van der Waals surface area contributed by atoms with Gasteiger partial charge in [-0.15, -0.1) is 11.3 Å². The molecule has 4 nitrogen and oxygen atoms in total. The average molecular weight is 200 g/mol. The minimum Gasteiger partial charge on any atom is -0.480 e. The van der Waals surface area contributed by atoms with Crippen LogP contribution in [0.15, 0.2) is 17.5 Å². The molecule has 0 aliphatic carbocycles. The summed E-state index contributed by atoms with van der Waals surface area (Å²) in [6.07, 6.45) is 0.399. The summed E-state index contributed by atoms with van der Waals surface area (Å²) in [6, 6.07) is 3.78. The number of carboxylic acid groups (broad SMARTS) is 1. The van der Waals surface area contributed by atoms with Crippen molar-refractivity contribution in [3.05, 3.63) is 22.4 Å². The number of nitrogens with two attached hydrogens (primary N) is 1. The van der Waals surface area contributed by atoms with Crippen LogP contribution in [0.5, 0.6) is 0 Å². The van der Waals surface area contributed by atoms with E-state index in [0.717, 1.165) is 4.88 Å². The second-order valence-corrected chi connectivity index (χ2v) is 4.07. The molecule has 0 bridgehead atoms. The minimum atomic E-state index is -1.08. The summed E-state index contributed by atoms with van der Waals surface area (Å²) >= 11 is 1.52. The van der Waals surface area contributed by atoms with Gasteiger partial charge in [0, 0.05) is 11.3 Å². The summed E-state index contributed by atoms with van der Waals surface area (Å²) in [5.74, 6) is 4.26. The highest BCUT2D eigenvalue weighted by Gasteiger charge is 2.32. The fourth-order valence-corrected chi connectivity index (χ4v) is 1.81. The molecule has 0 fully saturated rings. The predicted molar refractivity (Wildman–Crippen MR) is 51.4 cm³/mol. The molecule has 13 heavy (non-hydrogen) atoms. The predicted octanol–water partition coefficient (Wildman–Crippen LogP) is 0.597. The summed E-state index contributed by atoms with van der Waals surface area (Å²) in [5.41, 5.74) is 1.24. The van der Waals surface area contributed by atoms with Crippen molar-refractivity contribution in [3.63, 3.8) is 0 Å². The number of rotatable bonds is 4. The number of nitrogens with one attached hydrogen (secondary N) is 1. The molecule has 1 aromatic rings. The second-order valence-electron chi connectivity index (χ2n) is 3.04. The van der Waals surface area contributed by atoms with E-state index in [1.54, 1.807) is 6.92 Å². The molecule has 5 heteroatoms. The zero-order valence-corrected chi connectivity index (χ0v) is 8.10. The van der Waals surface area contributed by atoms with Gasteiger partial charge in [0.25, 0.3) is 0 Å². The van der Waals surface area contributed by atoms with E-state index in [1.165, 1.54) is 11.3 Å². The van der Waals surface area contributed by atoms with Crippen LogP contribution in [0.2, 0.25) is 0 Å². The zero-order valence-electron chi connectivity index (χ0n) is 7.28. The van der Waals surface area contributed by atoms with Gasteiger partial charge in [-0.3, -0.25) is 10.6 Å². The minimum absolute atomic E-state index is 0.399. The van der Waals surface area contributed by atoms with Crippen LogP contribution in [0.4, 0.5) is 0 Å². The monoisotopic (exact) mass is 200 g/mol. The lowest BCUT2D eigenvalue weighted by Gasteiger charge is -2.22. The Balaban J connectivity index is 2.75. The molecule has 0 aromatic carbocycles. The first kappa shape index (κ1) is 10.2. The molecule has 0 radical (unpaired) electrons. The van der Waals surface area contributed by atoms with Crippen molar-refractivity contribution in [3.8, 4) is 0 Å². The Morgan fingerprint density at radius 3 is 2.92 bits per heavy atom. The number of thiophene rings is 1. The number of carboxylic acids is 1. The van der Waals surface area contributed by atoms with Gasteiger partial charge in [-0.25, -0.2) is 5.43 Å². The Hall–Kier alpha value is -0.910. The van der Waals surface area contributed by atoms with Crippen molar-refractivity contribution in [1.29, 1.82) is 0 Å². The molecule has 4 N–H and O–H groups in total. The normalized spacial score (nSPS) is 15.2. The van der Waals surface area contributed by atoms with E-state index in [4.69, 9.17) is 10.9 Å². The molecule has 1 heterocycles. The van der Waals surface area contributed by atoms with E-state index in [9.17, 15) is 4.79 Å². The third-order valence-electron chi connectivity index (χ3n) is 1.90. The first-order valence-corrected chi connectivity index (χ1v) is 4.70. The summed E-state index contributed by atoms with van der Waals surface area (Å²) < 4.78 is 0. The van der Waals surface area contributed by atoms with E-state index in [1.807, 2.05) is 17.5 Å². The fraction of sp³-hybridized carbons (Fsp3) is 0.375. The van der Waals surface area contributed by atoms with Gasteiger partial charge in [0.05, 0.1) is 0 Å². The van der Waals surface area contributed by atoms with Crippen molar-refractivity contribution in [2.75, 3.05) is 0 Å². The molecular weight excluding hydrogens is 188 g/mol. The summed E-state index contributed by atoms with van der Waals surface area (Å²) in [6.45, 7) is 1.56. The zero-order chi connectivity index (χ0) is 9.90. The van der Waals surface area contributed by atoms with E-state index in [2.05, 4.69) is 5.43 Å². The Bertz CT molecular complexity index is 286. The van der Waals surface area contributed by atoms with E-state index < -0.39 is 11.5 Å². The summed E-state index contributed by atoms with van der Waals surface area (Å²) in [4.78, 5) is 11.8. The first-order valence-electron chi connectivity index (χ1n) is 3.82. The molecule has 0 amide bonds. The van der Waals surface area contributed by atoms with E-state index in [-0.39, 0.29) is 0 Å². The van der Waals surface area contributed by atoms with Gasteiger partial charge in [0.15, 0.2) is 0 Å². The molecular formula is C8H12N2O2S. The standard InChI is InChI=1S/C8H12N2O2S/c1-8(10-9,7(11)12)5-6-3-2-4-13-6/h2-4,10H,5,9H2,1H3,(H,11,12). The maximum absolute atomic E-state index is 10.8. The second kappa shape index (κ2) is 3.87. The highest BCUT2D eigenvalue weighted by atomic mass is 32.1. The smallest absolute Gasteiger partial charge is 0.325 e. The Morgan fingerprint density at radius 2 is 2.54 bits per heavy atom. The molecule has 0 saturated carbocycles. The fourth-order valence-electron chi connectivity index (χ4n) is 0.950. The van der Waals surface area contributed by atoms with Crippen molar-refractivity contribution in [2.24, 2.45) is 5.84 Å². The number of hydrogen-bond donors (Lipinski definition) is 3. The average Bonchev–Trinajstić information content (AvgIpc) is 2.56. The van der Waals surface area contributed by atoms with Crippen LogP contribution < -0.4 is 11.3 Å². The lowest BCUT2D eigenvalue weighted by molar-refractivity contribution is -0.144. The van der Waals surface area contributed by atoms with Gasteiger partial charge in [0.2, 0.25) is 0 Å². The molecule has 1 unspecified atom stereocenters. The maximum atomic E-state index is 10.8. The maximum Gasteiger partial charge on any atom is 0.325 e. The van der Waals surface area contributed by atoms with E-state index in [0.29, 0.717) is 6.42 Å². The molecule has 1 aromatic heterocycles. The van der Waals surface area contributed by atoms with Crippen LogP contribution in [0.3, 0.4) is 0 Å². The van der Waals surface area contributed by atoms with Crippen LogP contribution in [-0.2, 0) is 11.2 Å². The van der Waals surface area contributed by atoms with Crippen molar-refractivity contribution < 1.29 is 9.90 Å². The molecule has 72 valence electrons. The van der Waals surface area contributed by atoms with Crippen LogP contribution in [0, 0.1) is 0 Å². The molecule has 0 saturated heterocycles. The van der Waals surface area contributed by atoms with Gasteiger partial charge in [-0.2, -0.15) is 0 Å². The first-order chi connectivity index (χ1) is 6.08. The SMILES string of the molecule is CC(Cc1cccs1)(NN)C(=O)O. The molecule has 0 aliphatic rings. The Morgan fingerprint density at radius 1 is 1.85 bits per heavy atom. The van der Waals surface area contributed by atoms with Crippen LogP contribution in [0.1, 0.15) is 11.8 Å². The molecule has 1 rings (SSSR count). The number of hydrogen-bond acceptors (Lipinski definition) is 4. The third-order valence-corrected chi connectivity index (χ3v) is 2.77. The Kier molecular flexibility index (Phi) is 3.02. The van der Waals surface area contributed by atoms with Crippen LogP contribution >= 0.6 is 11.3 Å². The summed E-state index contributed by atoms with van der Waals surface area (Å²) in [5, 5.41) is 10.8. The van der Waals surface area contributed by atoms with E-state index >= 15 is 0 Å². The topological polar surface area (TPSA) is 75.3 Å². The highest BCUT2D eigenvalue weighted by Crippen LogP contribution is 2.17. The van der Waals surface area contributed by atoms with Crippen molar-refractivity contribution in [2.45, 2.75) is 18.9 Å². The van der Waals surface area contributed by atoms with Gasteiger partial charge >= 0.3 is 5.97 Å². The number of hydrazine groups is 1. The van der Waals surface area contributed by atoms with Gasteiger partial charge in [-0.1, -0.05) is 6.07 Å². The Labute approximate surface area is 80.3 Å². The van der Waals surface area contributed by atoms with Crippen LogP contribution in [-0.4, -0.2) is 16.6 Å². The molecule has 0 spiro atoms. The number of aliphatic carboxylic acids is 1. The number of carbonyl (C=O) groups is 1. The lowest BCUT2D eigenvalue weighted by atomic mass is 9.98. The molecule has 0 aliphatic heterocycles. The van der Waals surface area contributed by atoms with Crippen molar-refractivity contribution in [1.82, 2.24) is 5.43 Å². The third kappa shape index (κ3) is 2.27. The summed E-state index contributed by atoms with van der Waals surface area (Å²) in [7, 11) is 0. The quantitative estimate of drug-likeness (QED) is 0.491. The van der Waals surface area contributed by atoms with Crippen LogP contribution in [0.25, 0.3) is 0 Å². The van der Waals surface area contributed by atoms with Gasteiger partial charge < -0.3 is 5.11 Å². The van der Waals surface area contributed by atoms with Crippen molar-refractivity contribution >= 4 is 17.3 Å². The lowest BCUT2D eigenvalue weighted by Crippen LogP contribution is -2.54.